The molecule has 0 aromatic carbocycles. The van der Waals surface area contributed by atoms with Crippen molar-refractivity contribution >= 4 is 0 Å². The molecular formula is C26H48N+. The van der Waals surface area contributed by atoms with E-state index in [9.17, 15) is 0 Å². The van der Waals surface area contributed by atoms with Crippen molar-refractivity contribution in [2.45, 2.75) is 136 Å². The summed E-state index contributed by atoms with van der Waals surface area (Å²) in [5, 5.41) is 0. The summed E-state index contributed by atoms with van der Waals surface area (Å²) in [6.45, 7) is 8.02. The second kappa shape index (κ2) is 17.3. The van der Waals surface area contributed by atoms with Gasteiger partial charge in [-0.3, -0.25) is 0 Å². The van der Waals surface area contributed by atoms with Gasteiger partial charge in [0.15, 0.2) is 12.4 Å². The summed E-state index contributed by atoms with van der Waals surface area (Å²) in [5.74, 6) is 0.628. The van der Waals surface area contributed by atoms with Gasteiger partial charge in [-0.05, 0) is 18.4 Å². The van der Waals surface area contributed by atoms with E-state index >= 15 is 0 Å². The Kier molecular flexibility index (Phi) is 15.5. The molecule has 0 aliphatic heterocycles. The van der Waals surface area contributed by atoms with E-state index in [-0.39, 0.29) is 0 Å². The molecule has 1 rings (SSSR count). The van der Waals surface area contributed by atoms with Crippen molar-refractivity contribution in [3.05, 3.63) is 30.1 Å². The Morgan fingerprint density at radius 3 is 1.56 bits per heavy atom. The topological polar surface area (TPSA) is 3.88 Å². The Balaban J connectivity index is 1.82. The van der Waals surface area contributed by atoms with Crippen LogP contribution >= 0.6 is 0 Å². The van der Waals surface area contributed by atoms with E-state index < -0.39 is 0 Å². The van der Waals surface area contributed by atoms with Crippen molar-refractivity contribution in [3.63, 3.8) is 0 Å². The molecule has 0 unspecified atom stereocenters. The van der Waals surface area contributed by atoms with Crippen LogP contribution in [0.1, 0.15) is 135 Å². The molecule has 1 nitrogen and oxygen atoms in total. The third-order valence-electron chi connectivity index (χ3n) is 5.82. The standard InChI is InChI=1S/C26H48N/c1-4-5-6-7-8-9-10-11-12-13-14-15-16-17-18-19-22-27-23-20-21-26(24-27)25(2)3/h20-21,23-25H,4-19,22H2,1-3H3/q+1. The van der Waals surface area contributed by atoms with E-state index in [1.54, 1.807) is 0 Å². The summed E-state index contributed by atoms with van der Waals surface area (Å²) in [5.41, 5.74) is 1.45. The maximum absolute atomic E-state index is 2.37. The van der Waals surface area contributed by atoms with Gasteiger partial charge in [0.05, 0.1) is 0 Å². The Hall–Kier alpha value is -0.850. The Bertz CT molecular complexity index is 438. The van der Waals surface area contributed by atoms with E-state index in [4.69, 9.17) is 0 Å². The molecule has 156 valence electrons. The van der Waals surface area contributed by atoms with Crippen LogP contribution in [0.3, 0.4) is 0 Å². The molecule has 0 aliphatic carbocycles. The van der Waals surface area contributed by atoms with Crippen LogP contribution < -0.4 is 4.57 Å². The van der Waals surface area contributed by atoms with E-state index in [2.05, 4.69) is 49.9 Å². The molecule has 0 saturated heterocycles. The molecule has 0 aliphatic rings. The summed E-state index contributed by atoms with van der Waals surface area (Å²) < 4.78 is 2.37. The monoisotopic (exact) mass is 374 g/mol. The second-order valence-corrected chi connectivity index (χ2v) is 8.83. The van der Waals surface area contributed by atoms with Crippen LogP contribution in [0.4, 0.5) is 0 Å². The van der Waals surface area contributed by atoms with Crippen molar-refractivity contribution in [1.82, 2.24) is 0 Å². The minimum absolute atomic E-state index is 0.628. The van der Waals surface area contributed by atoms with Crippen LogP contribution in [0.15, 0.2) is 24.5 Å². The molecule has 1 aromatic rings. The number of aryl methyl sites for hydroxylation is 1. The largest absolute Gasteiger partial charge is 0.205 e. The van der Waals surface area contributed by atoms with Crippen LogP contribution in [0.5, 0.6) is 0 Å². The van der Waals surface area contributed by atoms with Crippen molar-refractivity contribution in [1.29, 1.82) is 0 Å². The van der Waals surface area contributed by atoms with Crippen LogP contribution in [-0.2, 0) is 6.54 Å². The molecule has 0 amide bonds. The lowest BCUT2D eigenvalue weighted by atomic mass is 10.0. The summed E-state index contributed by atoms with van der Waals surface area (Å²) in [6.07, 6.45) is 27.6. The molecule has 1 heteroatoms. The minimum atomic E-state index is 0.628. The Morgan fingerprint density at radius 2 is 1.11 bits per heavy atom. The third-order valence-corrected chi connectivity index (χ3v) is 5.82. The van der Waals surface area contributed by atoms with Crippen LogP contribution in [-0.4, -0.2) is 0 Å². The summed E-state index contributed by atoms with van der Waals surface area (Å²) in [6, 6.07) is 4.44. The highest BCUT2D eigenvalue weighted by Crippen LogP contribution is 2.14. The second-order valence-electron chi connectivity index (χ2n) is 8.83. The molecule has 0 saturated carbocycles. The number of unbranched alkanes of at least 4 members (excludes halogenated alkanes) is 15. The van der Waals surface area contributed by atoms with Gasteiger partial charge < -0.3 is 0 Å². The van der Waals surface area contributed by atoms with Crippen molar-refractivity contribution < 1.29 is 4.57 Å². The first-order chi connectivity index (χ1) is 13.2. The van der Waals surface area contributed by atoms with Gasteiger partial charge >= 0.3 is 0 Å². The molecule has 0 radical (unpaired) electrons. The predicted octanol–water partition coefficient (Wildman–Crippen LogP) is 8.36. The molecule has 0 atom stereocenters. The Morgan fingerprint density at radius 1 is 0.667 bits per heavy atom. The van der Waals surface area contributed by atoms with Crippen LogP contribution in [0, 0.1) is 0 Å². The van der Waals surface area contributed by atoms with Gasteiger partial charge in [0.1, 0.15) is 6.54 Å². The van der Waals surface area contributed by atoms with Gasteiger partial charge in [0.2, 0.25) is 0 Å². The van der Waals surface area contributed by atoms with Gasteiger partial charge in [-0.1, -0.05) is 111 Å². The quantitative estimate of drug-likeness (QED) is 0.179. The number of aromatic nitrogens is 1. The van der Waals surface area contributed by atoms with E-state index in [1.165, 1.54) is 115 Å². The molecule has 1 heterocycles. The first-order valence-electron chi connectivity index (χ1n) is 12.2. The van der Waals surface area contributed by atoms with E-state index in [0.29, 0.717) is 5.92 Å². The number of hydrogen-bond acceptors (Lipinski definition) is 0. The van der Waals surface area contributed by atoms with Crippen molar-refractivity contribution in [2.24, 2.45) is 0 Å². The maximum Gasteiger partial charge on any atom is 0.172 e. The number of rotatable bonds is 18. The molecule has 27 heavy (non-hydrogen) atoms. The molecule has 0 fully saturated rings. The average Bonchev–Trinajstić information content (AvgIpc) is 2.68. The zero-order chi connectivity index (χ0) is 19.6. The fourth-order valence-corrected chi connectivity index (χ4v) is 3.87. The zero-order valence-electron chi connectivity index (χ0n) is 18.9. The fraction of sp³-hybridized carbons (Fsp3) is 0.808. The number of hydrogen-bond donors (Lipinski definition) is 0. The van der Waals surface area contributed by atoms with Crippen LogP contribution in [0.25, 0.3) is 0 Å². The zero-order valence-corrected chi connectivity index (χ0v) is 18.9. The lowest BCUT2D eigenvalue weighted by Crippen LogP contribution is -2.33. The normalized spacial score (nSPS) is 11.4. The first kappa shape index (κ1) is 24.2. The molecule has 0 N–H and O–H groups in total. The molecule has 1 aromatic heterocycles. The highest BCUT2D eigenvalue weighted by Gasteiger charge is 2.05. The number of pyridine rings is 1. The van der Waals surface area contributed by atoms with Crippen LogP contribution in [0.2, 0.25) is 0 Å². The van der Waals surface area contributed by atoms with Gasteiger partial charge in [-0.15, -0.1) is 0 Å². The van der Waals surface area contributed by atoms with Gasteiger partial charge in [-0.2, -0.15) is 0 Å². The van der Waals surface area contributed by atoms with Gasteiger partial charge in [0, 0.05) is 18.1 Å². The molecular weight excluding hydrogens is 326 g/mol. The molecule has 0 spiro atoms. The maximum atomic E-state index is 2.37. The highest BCUT2D eigenvalue weighted by atomic mass is 14.9. The van der Waals surface area contributed by atoms with E-state index in [1.807, 2.05) is 0 Å². The van der Waals surface area contributed by atoms with Crippen molar-refractivity contribution in [2.75, 3.05) is 0 Å². The third kappa shape index (κ3) is 13.9. The van der Waals surface area contributed by atoms with Gasteiger partial charge in [-0.25, -0.2) is 4.57 Å². The lowest BCUT2D eigenvalue weighted by molar-refractivity contribution is -0.697. The predicted molar refractivity (Wildman–Crippen MR) is 120 cm³/mol. The number of nitrogens with zero attached hydrogens (tertiary/aromatic N) is 1. The smallest absolute Gasteiger partial charge is 0.172 e. The van der Waals surface area contributed by atoms with E-state index in [0.717, 1.165) is 0 Å². The first-order valence-corrected chi connectivity index (χ1v) is 12.2. The SMILES string of the molecule is CCCCCCCCCCCCCCCCCC[n+]1cccc(C(C)C)c1. The molecule has 0 bridgehead atoms. The van der Waals surface area contributed by atoms with Gasteiger partial charge in [0.25, 0.3) is 0 Å². The average molecular weight is 375 g/mol. The summed E-state index contributed by atoms with van der Waals surface area (Å²) >= 11 is 0. The lowest BCUT2D eigenvalue weighted by Gasteiger charge is -2.04. The minimum Gasteiger partial charge on any atom is -0.205 e. The summed E-state index contributed by atoms with van der Waals surface area (Å²) in [7, 11) is 0. The fourth-order valence-electron chi connectivity index (χ4n) is 3.87. The highest BCUT2D eigenvalue weighted by molar-refractivity contribution is 5.09. The summed E-state index contributed by atoms with van der Waals surface area (Å²) in [4.78, 5) is 0. The Labute approximate surface area is 171 Å². The van der Waals surface area contributed by atoms with Crippen molar-refractivity contribution in [3.8, 4) is 0 Å².